The van der Waals surface area contributed by atoms with Crippen LogP contribution in [0.25, 0.3) is 11.1 Å². The zero-order valence-electron chi connectivity index (χ0n) is 11.2. The molecule has 0 saturated carbocycles. The molecule has 2 aliphatic rings. The summed E-state index contributed by atoms with van der Waals surface area (Å²) >= 11 is 0. The molecule has 1 unspecified atom stereocenters. The van der Waals surface area contributed by atoms with Crippen molar-refractivity contribution in [3.63, 3.8) is 0 Å². The van der Waals surface area contributed by atoms with E-state index in [1.54, 1.807) is 5.56 Å². The zero-order chi connectivity index (χ0) is 12.7. The Morgan fingerprint density at radius 2 is 1.79 bits per heavy atom. The topological polar surface area (TPSA) is 12.0 Å². The highest BCUT2D eigenvalue weighted by Crippen LogP contribution is 2.40. The number of hydrogen-bond acceptors (Lipinski definition) is 1. The average molecular weight is 249 g/mol. The first-order valence-electron chi connectivity index (χ1n) is 7.37. The van der Waals surface area contributed by atoms with Crippen molar-refractivity contribution in [2.45, 2.75) is 31.7 Å². The van der Waals surface area contributed by atoms with Crippen molar-refractivity contribution in [3.8, 4) is 11.1 Å². The molecule has 0 aromatic heterocycles. The third-order valence-corrected chi connectivity index (χ3v) is 4.57. The van der Waals surface area contributed by atoms with Gasteiger partial charge in [-0.2, -0.15) is 0 Å². The number of rotatable bonds is 1. The first-order valence-corrected chi connectivity index (χ1v) is 7.37. The maximum absolute atomic E-state index is 3.69. The van der Waals surface area contributed by atoms with Crippen molar-refractivity contribution >= 4 is 0 Å². The fourth-order valence-corrected chi connectivity index (χ4v) is 3.63. The molecule has 0 spiro atoms. The van der Waals surface area contributed by atoms with E-state index in [-0.39, 0.29) is 0 Å². The van der Waals surface area contributed by atoms with Crippen molar-refractivity contribution in [2.75, 3.05) is 6.54 Å². The molecule has 1 fully saturated rings. The predicted octanol–water partition coefficient (Wildman–Crippen LogP) is 4.07. The Morgan fingerprint density at radius 3 is 2.68 bits per heavy atom. The van der Waals surface area contributed by atoms with Gasteiger partial charge in [0, 0.05) is 6.04 Å². The molecule has 1 heteroatoms. The largest absolute Gasteiger partial charge is 0.310 e. The van der Waals surface area contributed by atoms with E-state index in [1.807, 2.05) is 0 Å². The van der Waals surface area contributed by atoms with Crippen LogP contribution < -0.4 is 5.32 Å². The van der Waals surface area contributed by atoms with Crippen LogP contribution in [0, 0.1) is 0 Å². The van der Waals surface area contributed by atoms with Crippen LogP contribution >= 0.6 is 0 Å². The van der Waals surface area contributed by atoms with Gasteiger partial charge in [-0.05, 0) is 53.6 Å². The van der Waals surface area contributed by atoms with E-state index in [0.717, 1.165) is 6.42 Å². The van der Waals surface area contributed by atoms with Gasteiger partial charge in [0.05, 0.1) is 0 Å². The molecule has 19 heavy (non-hydrogen) atoms. The van der Waals surface area contributed by atoms with Crippen molar-refractivity contribution in [1.29, 1.82) is 0 Å². The minimum Gasteiger partial charge on any atom is -0.310 e. The number of hydrogen-bond donors (Lipinski definition) is 1. The summed E-state index contributed by atoms with van der Waals surface area (Å²) in [4.78, 5) is 0. The quantitative estimate of drug-likeness (QED) is 0.685. The monoisotopic (exact) mass is 249 g/mol. The van der Waals surface area contributed by atoms with E-state index in [1.165, 1.54) is 48.1 Å². The summed E-state index contributed by atoms with van der Waals surface area (Å²) in [6, 6.07) is 16.3. The lowest BCUT2D eigenvalue weighted by molar-refractivity contribution is 0.411. The van der Waals surface area contributed by atoms with Crippen LogP contribution in [-0.4, -0.2) is 6.54 Å². The fraction of sp³-hybridized carbons (Fsp3) is 0.333. The van der Waals surface area contributed by atoms with E-state index in [2.05, 4.69) is 47.8 Å². The Morgan fingerprint density at radius 1 is 0.895 bits per heavy atom. The van der Waals surface area contributed by atoms with Gasteiger partial charge in [0.2, 0.25) is 0 Å². The highest BCUT2D eigenvalue weighted by atomic mass is 14.9. The van der Waals surface area contributed by atoms with Crippen LogP contribution in [0.1, 0.15) is 42.0 Å². The normalized spacial score (nSPS) is 20.9. The van der Waals surface area contributed by atoms with Gasteiger partial charge in [0.15, 0.2) is 0 Å². The van der Waals surface area contributed by atoms with Crippen molar-refractivity contribution in [1.82, 2.24) is 5.32 Å². The Labute approximate surface area is 114 Å². The number of piperidine rings is 1. The molecule has 0 amide bonds. The summed E-state index contributed by atoms with van der Waals surface area (Å²) in [6.45, 7) is 1.17. The first kappa shape index (κ1) is 11.2. The molecule has 2 aromatic rings. The minimum absolute atomic E-state index is 0.568. The van der Waals surface area contributed by atoms with Gasteiger partial charge in [0.25, 0.3) is 0 Å². The molecule has 4 rings (SSSR count). The van der Waals surface area contributed by atoms with E-state index >= 15 is 0 Å². The molecule has 1 heterocycles. The number of benzene rings is 2. The van der Waals surface area contributed by atoms with E-state index < -0.39 is 0 Å². The lowest BCUT2D eigenvalue weighted by atomic mass is 9.91. The smallest absolute Gasteiger partial charge is 0.0323 e. The summed E-state index contributed by atoms with van der Waals surface area (Å²) < 4.78 is 0. The van der Waals surface area contributed by atoms with Crippen LogP contribution in [0.4, 0.5) is 0 Å². The number of fused-ring (bicyclic) bond motifs is 3. The summed E-state index contributed by atoms with van der Waals surface area (Å²) in [5.74, 6) is 0. The van der Waals surface area contributed by atoms with Crippen LogP contribution in [0.15, 0.2) is 42.5 Å². The predicted molar refractivity (Wildman–Crippen MR) is 79.3 cm³/mol. The SMILES string of the molecule is c1ccc2c(c1)Cc1c-2cccc1C1CCCCN1. The van der Waals surface area contributed by atoms with Crippen molar-refractivity contribution in [3.05, 3.63) is 59.2 Å². The van der Waals surface area contributed by atoms with Crippen molar-refractivity contribution < 1.29 is 0 Å². The molecule has 0 bridgehead atoms. The molecule has 2 aromatic carbocycles. The van der Waals surface area contributed by atoms with Gasteiger partial charge in [-0.25, -0.2) is 0 Å². The van der Waals surface area contributed by atoms with Gasteiger partial charge < -0.3 is 5.32 Å². The Kier molecular flexibility index (Phi) is 2.66. The van der Waals surface area contributed by atoms with Gasteiger partial charge in [-0.15, -0.1) is 0 Å². The molecule has 0 radical (unpaired) electrons. The van der Waals surface area contributed by atoms with Gasteiger partial charge >= 0.3 is 0 Å². The summed E-state index contributed by atoms with van der Waals surface area (Å²) in [7, 11) is 0. The maximum Gasteiger partial charge on any atom is 0.0323 e. The summed E-state index contributed by atoms with van der Waals surface area (Å²) in [5.41, 5.74) is 7.48. The molecule has 1 saturated heterocycles. The van der Waals surface area contributed by atoms with E-state index in [9.17, 15) is 0 Å². The molecule has 1 aliphatic heterocycles. The third kappa shape index (κ3) is 1.81. The molecular weight excluding hydrogens is 230 g/mol. The van der Waals surface area contributed by atoms with Crippen molar-refractivity contribution in [2.24, 2.45) is 0 Å². The molecular formula is C18H19N. The molecule has 1 aliphatic carbocycles. The lowest BCUT2D eigenvalue weighted by Gasteiger charge is -2.26. The van der Waals surface area contributed by atoms with Crippen LogP contribution in [-0.2, 0) is 6.42 Å². The maximum atomic E-state index is 3.69. The van der Waals surface area contributed by atoms with Crippen LogP contribution in [0.2, 0.25) is 0 Å². The Balaban J connectivity index is 1.80. The highest BCUT2D eigenvalue weighted by Gasteiger charge is 2.24. The summed E-state index contributed by atoms with van der Waals surface area (Å²) in [5, 5.41) is 3.69. The molecule has 1 nitrogen and oxygen atoms in total. The molecule has 1 N–H and O–H groups in total. The third-order valence-electron chi connectivity index (χ3n) is 4.57. The fourth-order valence-electron chi connectivity index (χ4n) is 3.63. The van der Waals surface area contributed by atoms with Crippen LogP contribution in [0.3, 0.4) is 0 Å². The molecule has 1 atom stereocenters. The Hall–Kier alpha value is -1.60. The van der Waals surface area contributed by atoms with E-state index in [0.29, 0.717) is 6.04 Å². The highest BCUT2D eigenvalue weighted by molar-refractivity contribution is 5.78. The minimum atomic E-state index is 0.568. The van der Waals surface area contributed by atoms with Gasteiger partial charge in [-0.1, -0.05) is 48.9 Å². The standard InChI is InChI=1S/C18H19N/c1-2-7-14-13(6-1)12-17-15(14)8-5-9-16(17)18-10-3-4-11-19-18/h1-2,5-9,18-19H,3-4,10-12H2. The second-order valence-corrected chi connectivity index (χ2v) is 5.71. The first-order chi connectivity index (χ1) is 9.43. The molecule has 96 valence electrons. The Bertz CT molecular complexity index is 609. The zero-order valence-corrected chi connectivity index (χ0v) is 11.2. The van der Waals surface area contributed by atoms with E-state index in [4.69, 9.17) is 0 Å². The lowest BCUT2D eigenvalue weighted by Crippen LogP contribution is -2.27. The number of nitrogens with one attached hydrogen (secondary N) is 1. The summed E-state index contributed by atoms with van der Waals surface area (Å²) in [6.07, 6.45) is 5.08. The second-order valence-electron chi connectivity index (χ2n) is 5.71. The van der Waals surface area contributed by atoms with Gasteiger partial charge in [-0.3, -0.25) is 0 Å². The average Bonchev–Trinajstić information content (AvgIpc) is 2.87. The van der Waals surface area contributed by atoms with Gasteiger partial charge in [0.1, 0.15) is 0 Å². The second kappa shape index (κ2) is 4.50. The van der Waals surface area contributed by atoms with Crippen LogP contribution in [0.5, 0.6) is 0 Å².